The van der Waals surface area contributed by atoms with Gasteiger partial charge in [0.1, 0.15) is 5.56 Å². The van der Waals surface area contributed by atoms with Gasteiger partial charge in [0, 0.05) is 17.9 Å². The van der Waals surface area contributed by atoms with Crippen molar-refractivity contribution in [1.82, 2.24) is 19.5 Å². The van der Waals surface area contributed by atoms with Crippen molar-refractivity contribution in [2.45, 2.75) is 32.2 Å². The number of nitrogens with zero attached hydrogens (tertiary/aromatic N) is 4. The molecule has 1 fully saturated rings. The van der Waals surface area contributed by atoms with Crippen molar-refractivity contribution in [1.29, 1.82) is 0 Å². The third-order valence-electron chi connectivity index (χ3n) is 3.32. The standard InChI is InChI=1S/C13H14F2N4O/c1-8-4-5-19-12(17-8)10(6-16-19)13(20)18(7-11(14)15)9-2-3-9/h4-6,9,11H,2-3,7H2,1H3. The van der Waals surface area contributed by atoms with Gasteiger partial charge in [-0.1, -0.05) is 0 Å². The van der Waals surface area contributed by atoms with E-state index in [9.17, 15) is 13.6 Å². The molecule has 0 bridgehead atoms. The number of aryl methyl sites for hydroxylation is 1. The molecule has 2 aromatic heterocycles. The van der Waals surface area contributed by atoms with Crippen LogP contribution in [0.5, 0.6) is 0 Å². The summed E-state index contributed by atoms with van der Waals surface area (Å²) in [6.07, 6.45) is 2.12. The summed E-state index contributed by atoms with van der Waals surface area (Å²) in [6.45, 7) is 1.27. The molecule has 0 spiro atoms. The highest BCUT2D eigenvalue weighted by atomic mass is 19.3. The fourth-order valence-corrected chi connectivity index (χ4v) is 2.20. The van der Waals surface area contributed by atoms with Crippen molar-refractivity contribution < 1.29 is 13.6 Å². The van der Waals surface area contributed by atoms with E-state index in [4.69, 9.17) is 0 Å². The number of aromatic nitrogens is 3. The smallest absolute Gasteiger partial charge is 0.259 e. The molecule has 1 aliphatic rings. The van der Waals surface area contributed by atoms with E-state index in [0.29, 0.717) is 5.65 Å². The van der Waals surface area contributed by atoms with Gasteiger partial charge in [0.15, 0.2) is 5.65 Å². The predicted octanol–water partition coefficient (Wildman–Crippen LogP) is 1.91. The monoisotopic (exact) mass is 280 g/mol. The van der Waals surface area contributed by atoms with E-state index in [2.05, 4.69) is 10.1 Å². The molecule has 3 rings (SSSR count). The van der Waals surface area contributed by atoms with Crippen LogP contribution in [0.4, 0.5) is 8.78 Å². The zero-order valence-corrected chi connectivity index (χ0v) is 11.0. The summed E-state index contributed by atoms with van der Waals surface area (Å²) in [4.78, 5) is 18.0. The first-order chi connectivity index (χ1) is 9.56. The predicted molar refractivity (Wildman–Crippen MR) is 67.8 cm³/mol. The van der Waals surface area contributed by atoms with Gasteiger partial charge in [0.05, 0.1) is 12.7 Å². The molecule has 0 aromatic carbocycles. The summed E-state index contributed by atoms with van der Waals surface area (Å²) >= 11 is 0. The summed E-state index contributed by atoms with van der Waals surface area (Å²) in [5, 5.41) is 4.04. The zero-order chi connectivity index (χ0) is 14.3. The molecule has 0 radical (unpaired) electrons. The number of carbonyl (C=O) groups excluding carboxylic acids is 1. The van der Waals surface area contributed by atoms with E-state index >= 15 is 0 Å². The Morgan fingerprint density at radius 3 is 2.95 bits per heavy atom. The van der Waals surface area contributed by atoms with Crippen molar-refractivity contribution in [2.24, 2.45) is 0 Å². The average Bonchev–Trinajstić information content (AvgIpc) is 3.15. The lowest BCUT2D eigenvalue weighted by Crippen LogP contribution is -2.37. The van der Waals surface area contributed by atoms with Crippen LogP contribution in [0.1, 0.15) is 28.9 Å². The third-order valence-corrected chi connectivity index (χ3v) is 3.32. The second-order valence-electron chi connectivity index (χ2n) is 4.98. The molecule has 2 aromatic rings. The Balaban J connectivity index is 1.96. The maximum atomic E-state index is 12.6. The molecular weight excluding hydrogens is 266 g/mol. The largest absolute Gasteiger partial charge is 0.330 e. The van der Waals surface area contributed by atoms with Gasteiger partial charge in [-0.15, -0.1) is 0 Å². The lowest BCUT2D eigenvalue weighted by molar-refractivity contribution is 0.0535. The summed E-state index contributed by atoms with van der Waals surface area (Å²) in [5.41, 5.74) is 1.44. The van der Waals surface area contributed by atoms with Crippen molar-refractivity contribution in [3.05, 3.63) is 29.7 Å². The molecule has 0 aliphatic heterocycles. The maximum absolute atomic E-state index is 12.6. The van der Waals surface area contributed by atoms with Gasteiger partial charge in [-0.25, -0.2) is 18.3 Å². The number of halogens is 2. The summed E-state index contributed by atoms with van der Waals surface area (Å²) in [5.74, 6) is -0.416. The van der Waals surface area contributed by atoms with Crippen LogP contribution in [0.15, 0.2) is 18.5 Å². The number of hydrogen-bond donors (Lipinski definition) is 0. The average molecular weight is 280 g/mol. The highest BCUT2D eigenvalue weighted by Gasteiger charge is 2.35. The molecule has 5 nitrogen and oxygen atoms in total. The Kier molecular flexibility index (Phi) is 3.11. The SMILES string of the molecule is Cc1ccn2ncc(C(=O)N(CC(F)F)C3CC3)c2n1. The van der Waals surface area contributed by atoms with E-state index in [1.807, 2.05) is 0 Å². The lowest BCUT2D eigenvalue weighted by atomic mass is 10.2. The molecular formula is C13H14F2N4O. The molecule has 0 N–H and O–H groups in total. The van der Waals surface area contributed by atoms with Gasteiger partial charge < -0.3 is 4.90 Å². The van der Waals surface area contributed by atoms with Gasteiger partial charge in [-0.05, 0) is 25.8 Å². The number of hydrogen-bond acceptors (Lipinski definition) is 3. The molecule has 2 heterocycles. The minimum Gasteiger partial charge on any atom is -0.330 e. The molecule has 1 amide bonds. The van der Waals surface area contributed by atoms with Crippen molar-refractivity contribution >= 4 is 11.6 Å². The molecule has 106 valence electrons. The molecule has 0 saturated heterocycles. The molecule has 0 atom stereocenters. The zero-order valence-electron chi connectivity index (χ0n) is 11.0. The van der Waals surface area contributed by atoms with Crippen LogP contribution in [0.3, 0.4) is 0 Å². The van der Waals surface area contributed by atoms with E-state index in [-0.39, 0.29) is 11.6 Å². The molecule has 0 unspecified atom stereocenters. The van der Waals surface area contributed by atoms with Crippen LogP contribution in [-0.2, 0) is 0 Å². The lowest BCUT2D eigenvalue weighted by Gasteiger charge is -2.21. The topological polar surface area (TPSA) is 50.5 Å². The Labute approximate surface area is 114 Å². The molecule has 7 heteroatoms. The Hall–Kier alpha value is -2.05. The van der Waals surface area contributed by atoms with Crippen LogP contribution < -0.4 is 0 Å². The van der Waals surface area contributed by atoms with Crippen molar-refractivity contribution in [3.8, 4) is 0 Å². The first-order valence-corrected chi connectivity index (χ1v) is 6.46. The highest BCUT2D eigenvalue weighted by molar-refractivity contribution is 6.00. The van der Waals surface area contributed by atoms with E-state index in [1.165, 1.54) is 15.6 Å². The minimum absolute atomic E-state index is 0.0729. The fraction of sp³-hybridized carbons (Fsp3) is 0.462. The summed E-state index contributed by atoms with van der Waals surface area (Å²) < 4.78 is 26.7. The summed E-state index contributed by atoms with van der Waals surface area (Å²) in [7, 11) is 0. The van der Waals surface area contributed by atoms with Gasteiger partial charge in [0.25, 0.3) is 12.3 Å². The van der Waals surface area contributed by atoms with E-state index in [0.717, 1.165) is 18.5 Å². The minimum atomic E-state index is -2.53. The third kappa shape index (κ3) is 2.35. The Bertz CT molecular complexity index is 651. The van der Waals surface area contributed by atoms with Crippen molar-refractivity contribution in [3.63, 3.8) is 0 Å². The quantitative estimate of drug-likeness (QED) is 0.859. The van der Waals surface area contributed by atoms with Gasteiger partial charge in [0.2, 0.25) is 0 Å². The number of amides is 1. The second-order valence-corrected chi connectivity index (χ2v) is 4.98. The van der Waals surface area contributed by atoms with Crippen LogP contribution >= 0.6 is 0 Å². The fourth-order valence-electron chi connectivity index (χ4n) is 2.20. The van der Waals surface area contributed by atoms with E-state index < -0.39 is 18.9 Å². The number of alkyl halides is 2. The number of fused-ring (bicyclic) bond motifs is 1. The second kappa shape index (κ2) is 4.81. The highest BCUT2D eigenvalue weighted by Crippen LogP contribution is 2.29. The Morgan fingerprint density at radius 1 is 1.55 bits per heavy atom. The summed E-state index contributed by atoms with van der Waals surface area (Å²) in [6, 6.07) is 1.70. The first-order valence-electron chi connectivity index (χ1n) is 6.46. The van der Waals surface area contributed by atoms with Crippen LogP contribution in [0, 0.1) is 6.92 Å². The van der Waals surface area contributed by atoms with Gasteiger partial charge in [-0.3, -0.25) is 4.79 Å². The van der Waals surface area contributed by atoms with E-state index in [1.54, 1.807) is 19.2 Å². The maximum Gasteiger partial charge on any atom is 0.259 e. The van der Waals surface area contributed by atoms with Crippen LogP contribution in [0.2, 0.25) is 0 Å². The number of carbonyl (C=O) groups is 1. The first kappa shape index (κ1) is 13.0. The normalized spacial score (nSPS) is 15.0. The molecule has 1 aliphatic carbocycles. The number of rotatable bonds is 4. The van der Waals surface area contributed by atoms with Crippen LogP contribution in [-0.4, -0.2) is 44.4 Å². The van der Waals surface area contributed by atoms with Crippen LogP contribution in [0.25, 0.3) is 5.65 Å². The Morgan fingerprint density at radius 2 is 2.30 bits per heavy atom. The molecule has 1 saturated carbocycles. The van der Waals surface area contributed by atoms with Gasteiger partial charge in [-0.2, -0.15) is 5.10 Å². The van der Waals surface area contributed by atoms with Crippen molar-refractivity contribution in [2.75, 3.05) is 6.54 Å². The molecule has 20 heavy (non-hydrogen) atoms. The van der Waals surface area contributed by atoms with Gasteiger partial charge >= 0.3 is 0 Å².